The number of nitrogens with zero attached hydrogens (tertiary/aromatic N) is 5. The number of benzene rings is 1. The van der Waals surface area contributed by atoms with Gasteiger partial charge in [-0.2, -0.15) is 9.61 Å². The Balaban J connectivity index is 1.78. The van der Waals surface area contributed by atoms with E-state index in [0.29, 0.717) is 21.2 Å². The number of nitro groups is 1. The molecule has 0 aliphatic heterocycles. The van der Waals surface area contributed by atoms with E-state index >= 15 is 0 Å². The molecule has 4 aromatic rings. The molecule has 9 heteroatoms. The highest BCUT2D eigenvalue weighted by atomic mass is 32.1. The van der Waals surface area contributed by atoms with Crippen molar-refractivity contribution in [2.75, 3.05) is 0 Å². The number of fused-ring (bicyclic) bond motifs is 1. The first-order valence-corrected chi connectivity index (χ1v) is 8.66. The fourth-order valence-corrected chi connectivity index (χ4v) is 3.44. The predicted molar refractivity (Wildman–Crippen MR) is 102 cm³/mol. The standard InChI is InChI=1S/C18H11N5O3S/c24-16-10-13(8-7-12-4-3-9-19-11-12)20-18-22(16)21-17(27-18)14-5-1-2-6-15(14)23(25)26/h1-11H/b8-7+. The number of nitro benzene ring substituents is 1. The van der Waals surface area contributed by atoms with Gasteiger partial charge in [-0.3, -0.25) is 19.9 Å². The van der Waals surface area contributed by atoms with E-state index in [1.54, 1.807) is 42.7 Å². The highest BCUT2D eigenvalue weighted by Gasteiger charge is 2.19. The van der Waals surface area contributed by atoms with Crippen LogP contribution in [0.15, 0.2) is 59.7 Å². The fraction of sp³-hybridized carbons (Fsp3) is 0. The van der Waals surface area contributed by atoms with Crippen LogP contribution in [0.5, 0.6) is 0 Å². The molecule has 0 N–H and O–H groups in total. The smallest absolute Gasteiger partial charge is 0.267 e. The van der Waals surface area contributed by atoms with Crippen molar-refractivity contribution in [1.82, 2.24) is 19.6 Å². The average molecular weight is 377 g/mol. The molecule has 0 unspecified atom stereocenters. The van der Waals surface area contributed by atoms with Gasteiger partial charge in [-0.15, -0.1) is 0 Å². The molecule has 0 amide bonds. The Kier molecular flexibility index (Phi) is 4.27. The number of hydrogen-bond acceptors (Lipinski definition) is 7. The molecule has 1 aromatic carbocycles. The van der Waals surface area contributed by atoms with Gasteiger partial charge in [0.25, 0.3) is 11.2 Å². The van der Waals surface area contributed by atoms with Crippen molar-refractivity contribution >= 4 is 34.1 Å². The summed E-state index contributed by atoms with van der Waals surface area (Å²) in [4.78, 5) is 31.9. The molecule has 3 aromatic heterocycles. The summed E-state index contributed by atoms with van der Waals surface area (Å²) in [7, 11) is 0. The van der Waals surface area contributed by atoms with Crippen LogP contribution >= 0.6 is 11.3 Å². The number of aromatic nitrogens is 4. The Morgan fingerprint density at radius 1 is 1.15 bits per heavy atom. The van der Waals surface area contributed by atoms with Gasteiger partial charge in [0, 0.05) is 24.5 Å². The van der Waals surface area contributed by atoms with Crippen LogP contribution in [0.2, 0.25) is 0 Å². The Morgan fingerprint density at radius 2 is 2.00 bits per heavy atom. The highest BCUT2D eigenvalue weighted by Crippen LogP contribution is 2.32. The molecule has 0 spiro atoms. The van der Waals surface area contributed by atoms with Crippen LogP contribution in [-0.4, -0.2) is 24.5 Å². The van der Waals surface area contributed by atoms with E-state index in [2.05, 4.69) is 15.1 Å². The Hall–Kier alpha value is -3.72. The van der Waals surface area contributed by atoms with Gasteiger partial charge in [-0.05, 0) is 23.8 Å². The van der Waals surface area contributed by atoms with Crippen LogP contribution < -0.4 is 5.56 Å². The lowest BCUT2D eigenvalue weighted by Gasteiger charge is -1.96. The van der Waals surface area contributed by atoms with Gasteiger partial charge in [0.2, 0.25) is 4.96 Å². The molecule has 0 aliphatic rings. The van der Waals surface area contributed by atoms with E-state index in [-0.39, 0.29) is 11.2 Å². The molecule has 8 nitrogen and oxygen atoms in total. The van der Waals surface area contributed by atoms with Crippen molar-refractivity contribution in [3.05, 3.63) is 86.6 Å². The quantitative estimate of drug-likeness (QED) is 0.399. The van der Waals surface area contributed by atoms with Crippen molar-refractivity contribution in [1.29, 1.82) is 0 Å². The molecule has 0 fully saturated rings. The molecule has 0 aliphatic carbocycles. The van der Waals surface area contributed by atoms with E-state index in [0.717, 1.165) is 21.4 Å². The molecule has 0 radical (unpaired) electrons. The summed E-state index contributed by atoms with van der Waals surface area (Å²) < 4.78 is 1.15. The van der Waals surface area contributed by atoms with Crippen molar-refractivity contribution in [2.45, 2.75) is 0 Å². The summed E-state index contributed by atoms with van der Waals surface area (Å²) in [6, 6.07) is 11.3. The summed E-state index contributed by atoms with van der Waals surface area (Å²) in [5.41, 5.74) is 1.28. The minimum absolute atomic E-state index is 0.0682. The van der Waals surface area contributed by atoms with Crippen LogP contribution in [0, 0.1) is 10.1 Å². The summed E-state index contributed by atoms with van der Waals surface area (Å²) in [5.74, 6) is 0. The monoisotopic (exact) mass is 377 g/mol. The third-order valence-electron chi connectivity index (χ3n) is 3.73. The maximum absolute atomic E-state index is 12.4. The molecule has 4 rings (SSSR count). The zero-order valence-electron chi connectivity index (χ0n) is 13.7. The summed E-state index contributed by atoms with van der Waals surface area (Å²) in [6.45, 7) is 0. The lowest BCUT2D eigenvalue weighted by atomic mass is 10.2. The SMILES string of the molecule is O=c1cc(/C=C/c2cccnc2)nc2sc(-c3ccccc3[N+](=O)[O-])nn12. The summed E-state index contributed by atoms with van der Waals surface area (Å²) in [6.07, 6.45) is 6.88. The second-order valence-corrected chi connectivity index (χ2v) is 6.47. The van der Waals surface area contributed by atoms with Gasteiger partial charge < -0.3 is 0 Å². The second kappa shape index (κ2) is 6.89. The molecule has 3 heterocycles. The Bertz CT molecular complexity index is 1230. The molecule has 27 heavy (non-hydrogen) atoms. The largest absolute Gasteiger partial charge is 0.279 e. The van der Waals surface area contributed by atoms with Crippen LogP contribution in [0.1, 0.15) is 11.3 Å². The van der Waals surface area contributed by atoms with Crippen molar-refractivity contribution in [2.24, 2.45) is 0 Å². The highest BCUT2D eigenvalue weighted by molar-refractivity contribution is 7.19. The van der Waals surface area contributed by atoms with Gasteiger partial charge in [-0.25, -0.2) is 4.98 Å². The zero-order valence-corrected chi connectivity index (χ0v) is 14.5. The lowest BCUT2D eigenvalue weighted by molar-refractivity contribution is -0.384. The fourth-order valence-electron chi connectivity index (χ4n) is 2.49. The molecular formula is C18H11N5O3S. The van der Waals surface area contributed by atoms with Crippen LogP contribution in [0.4, 0.5) is 5.69 Å². The van der Waals surface area contributed by atoms with Gasteiger partial charge >= 0.3 is 0 Å². The van der Waals surface area contributed by atoms with E-state index in [4.69, 9.17) is 0 Å². The van der Waals surface area contributed by atoms with E-state index in [1.807, 2.05) is 12.1 Å². The lowest BCUT2D eigenvalue weighted by Crippen LogP contribution is -2.14. The first-order valence-electron chi connectivity index (χ1n) is 7.84. The van der Waals surface area contributed by atoms with E-state index < -0.39 is 4.92 Å². The van der Waals surface area contributed by atoms with Gasteiger partial charge in [0.05, 0.1) is 16.2 Å². The zero-order chi connectivity index (χ0) is 18.8. The van der Waals surface area contributed by atoms with Crippen molar-refractivity contribution < 1.29 is 4.92 Å². The second-order valence-electron chi connectivity index (χ2n) is 5.51. The minimum atomic E-state index is -0.473. The van der Waals surface area contributed by atoms with Gasteiger partial charge in [-0.1, -0.05) is 35.6 Å². The van der Waals surface area contributed by atoms with Gasteiger partial charge in [0.1, 0.15) is 0 Å². The molecule has 132 valence electrons. The predicted octanol–water partition coefficient (Wildman–Crippen LogP) is 3.29. The maximum Gasteiger partial charge on any atom is 0.279 e. The van der Waals surface area contributed by atoms with Crippen molar-refractivity contribution in [3.8, 4) is 10.6 Å². The van der Waals surface area contributed by atoms with Crippen molar-refractivity contribution in [3.63, 3.8) is 0 Å². The molecule has 0 saturated carbocycles. The van der Waals surface area contributed by atoms with Gasteiger partial charge in [0.15, 0.2) is 5.01 Å². The first kappa shape index (κ1) is 16.7. The third-order valence-corrected chi connectivity index (χ3v) is 4.67. The first-order chi connectivity index (χ1) is 13.1. The Morgan fingerprint density at radius 3 is 2.78 bits per heavy atom. The summed E-state index contributed by atoms with van der Waals surface area (Å²) in [5, 5.41) is 15.8. The average Bonchev–Trinajstić information content (AvgIpc) is 3.12. The number of pyridine rings is 1. The van der Waals surface area contributed by atoms with Crippen LogP contribution in [0.25, 0.3) is 27.7 Å². The number of hydrogen-bond donors (Lipinski definition) is 0. The number of para-hydroxylation sites is 1. The maximum atomic E-state index is 12.4. The molecular weight excluding hydrogens is 366 g/mol. The van der Waals surface area contributed by atoms with E-state index in [1.165, 1.54) is 12.1 Å². The minimum Gasteiger partial charge on any atom is -0.267 e. The van der Waals surface area contributed by atoms with Crippen LogP contribution in [-0.2, 0) is 0 Å². The molecule has 0 atom stereocenters. The summed E-state index contributed by atoms with van der Waals surface area (Å²) >= 11 is 1.12. The van der Waals surface area contributed by atoms with Crippen LogP contribution in [0.3, 0.4) is 0 Å². The third kappa shape index (κ3) is 3.35. The topological polar surface area (TPSA) is 103 Å². The molecule has 0 bridgehead atoms. The number of rotatable bonds is 4. The molecule has 0 saturated heterocycles. The normalized spacial score (nSPS) is 11.3. The van der Waals surface area contributed by atoms with E-state index in [9.17, 15) is 14.9 Å². The Labute approximate surface area is 156 Å².